The molecule has 0 aromatic rings. The van der Waals surface area contributed by atoms with E-state index in [4.69, 9.17) is 9.57 Å². The van der Waals surface area contributed by atoms with Crippen LogP contribution in [-0.2, 0) is 9.57 Å². The van der Waals surface area contributed by atoms with Crippen molar-refractivity contribution in [3.63, 3.8) is 0 Å². The number of hydrogen-bond donors (Lipinski definition) is 0. The number of rotatable bonds is 3. The van der Waals surface area contributed by atoms with Crippen molar-refractivity contribution >= 4 is 0 Å². The van der Waals surface area contributed by atoms with E-state index in [-0.39, 0.29) is 17.2 Å². The molecule has 1 heterocycles. The Kier molecular flexibility index (Phi) is 3.46. The minimum Gasteiger partial charge on any atom is -0.499 e. The van der Waals surface area contributed by atoms with E-state index in [0.29, 0.717) is 0 Å². The Hall–Kier alpha value is -0.540. The van der Waals surface area contributed by atoms with Gasteiger partial charge < -0.3 is 9.57 Å². The van der Waals surface area contributed by atoms with Crippen LogP contribution in [0.15, 0.2) is 12.8 Å². The van der Waals surface area contributed by atoms with Crippen molar-refractivity contribution in [1.29, 1.82) is 0 Å². The molecule has 0 aromatic heterocycles. The lowest BCUT2D eigenvalue weighted by molar-refractivity contribution is -0.276. The molecule has 3 nitrogen and oxygen atoms in total. The minimum atomic E-state index is -0.00975. The molecule has 1 saturated heterocycles. The van der Waals surface area contributed by atoms with Crippen LogP contribution in [0.25, 0.3) is 0 Å². The van der Waals surface area contributed by atoms with Crippen LogP contribution in [0.4, 0.5) is 0 Å². The van der Waals surface area contributed by atoms with Crippen molar-refractivity contribution in [3.8, 4) is 0 Å². The molecular formula is C12H23NO2. The van der Waals surface area contributed by atoms with E-state index in [2.05, 4.69) is 39.3 Å². The third kappa shape index (κ3) is 2.52. The Balaban J connectivity index is 2.85. The van der Waals surface area contributed by atoms with Crippen LogP contribution in [-0.4, -0.2) is 29.4 Å². The van der Waals surface area contributed by atoms with Gasteiger partial charge in [-0.15, -0.1) is 0 Å². The Morgan fingerprint density at radius 2 is 1.67 bits per heavy atom. The average molecular weight is 213 g/mol. The first-order chi connectivity index (χ1) is 6.83. The fourth-order valence-electron chi connectivity index (χ4n) is 2.90. The summed E-state index contributed by atoms with van der Waals surface area (Å²) in [4.78, 5) is 5.50. The lowest BCUT2D eigenvalue weighted by Crippen LogP contribution is -2.61. The molecule has 0 amide bonds. The number of ether oxygens (including phenoxy) is 1. The Morgan fingerprint density at radius 1 is 1.20 bits per heavy atom. The highest BCUT2D eigenvalue weighted by atomic mass is 16.7. The van der Waals surface area contributed by atoms with Gasteiger partial charge in [0.05, 0.1) is 13.4 Å². The number of piperidine rings is 1. The summed E-state index contributed by atoms with van der Waals surface area (Å²) in [6.45, 7) is 12.3. The molecule has 1 rings (SSSR count). The summed E-state index contributed by atoms with van der Waals surface area (Å²) in [6.07, 6.45) is 3.69. The topological polar surface area (TPSA) is 21.7 Å². The van der Waals surface area contributed by atoms with Crippen molar-refractivity contribution < 1.29 is 9.57 Å². The van der Waals surface area contributed by atoms with E-state index in [1.807, 2.05) is 0 Å². The van der Waals surface area contributed by atoms with E-state index in [9.17, 15) is 0 Å². The van der Waals surface area contributed by atoms with Gasteiger partial charge >= 0.3 is 0 Å². The number of nitrogens with zero attached hydrogens (tertiary/aromatic N) is 1. The Labute approximate surface area is 93.0 Å². The van der Waals surface area contributed by atoms with Gasteiger partial charge in [0.2, 0.25) is 0 Å². The molecule has 0 aromatic carbocycles. The third-order valence-electron chi connectivity index (χ3n) is 3.03. The first kappa shape index (κ1) is 12.5. The van der Waals surface area contributed by atoms with E-state index in [0.717, 1.165) is 12.8 Å². The molecule has 0 N–H and O–H groups in total. The monoisotopic (exact) mass is 213 g/mol. The molecular weight excluding hydrogens is 190 g/mol. The van der Waals surface area contributed by atoms with Gasteiger partial charge in [0.15, 0.2) is 0 Å². The average Bonchev–Trinajstić information content (AvgIpc) is 2.00. The minimum absolute atomic E-state index is 0.00975. The van der Waals surface area contributed by atoms with Crippen molar-refractivity contribution in [2.75, 3.05) is 7.11 Å². The standard InChI is InChI=1S/C12H23NO2/c1-7-15-10-8-11(2,3)13(14-6)12(4,5)9-10/h7,10H,1,8-9H2,2-6H3. The second kappa shape index (κ2) is 4.14. The van der Waals surface area contributed by atoms with E-state index in [1.165, 1.54) is 0 Å². The summed E-state index contributed by atoms with van der Waals surface area (Å²) < 4.78 is 5.53. The molecule has 1 aliphatic heterocycles. The highest BCUT2D eigenvalue weighted by Crippen LogP contribution is 2.39. The van der Waals surface area contributed by atoms with Gasteiger partial charge in [0.1, 0.15) is 6.10 Å². The maximum absolute atomic E-state index is 5.53. The molecule has 0 spiro atoms. The molecule has 0 saturated carbocycles. The molecule has 15 heavy (non-hydrogen) atoms. The summed E-state index contributed by atoms with van der Waals surface area (Å²) in [7, 11) is 1.73. The van der Waals surface area contributed by atoms with Crippen LogP contribution in [0.2, 0.25) is 0 Å². The fraction of sp³-hybridized carbons (Fsp3) is 0.833. The quantitative estimate of drug-likeness (QED) is 0.673. The van der Waals surface area contributed by atoms with Crippen LogP contribution in [0.3, 0.4) is 0 Å². The molecule has 88 valence electrons. The smallest absolute Gasteiger partial charge is 0.101 e. The Morgan fingerprint density at radius 3 is 2.00 bits per heavy atom. The molecule has 1 fully saturated rings. The van der Waals surface area contributed by atoms with Crippen molar-refractivity contribution in [2.45, 2.75) is 57.7 Å². The lowest BCUT2D eigenvalue weighted by Gasteiger charge is -2.52. The first-order valence-corrected chi connectivity index (χ1v) is 5.44. The van der Waals surface area contributed by atoms with Gasteiger partial charge in [-0.3, -0.25) is 0 Å². The predicted molar refractivity (Wildman–Crippen MR) is 61.3 cm³/mol. The highest BCUT2D eigenvalue weighted by molar-refractivity contribution is 4.97. The summed E-state index contributed by atoms with van der Waals surface area (Å²) >= 11 is 0. The van der Waals surface area contributed by atoms with Gasteiger partial charge in [-0.25, -0.2) is 0 Å². The summed E-state index contributed by atoms with van der Waals surface area (Å²) in [5, 5.41) is 2.07. The van der Waals surface area contributed by atoms with E-state index in [1.54, 1.807) is 13.4 Å². The summed E-state index contributed by atoms with van der Waals surface area (Å²) in [5.41, 5.74) is -0.0195. The van der Waals surface area contributed by atoms with Crippen molar-refractivity contribution in [3.05, 3.63) is 12.8 Å². The van der Waals surface area contributed by atoms with Crippen LogP contribution < -0.4 is 0 Å². The zero-order valence-electron chi connectivity index (χ0n) is 10.5. The van der Waals surface area contributed by atoms with Crippen molar-refractivity contribution in [1.82, 2.24) is 5.06 Å². The van der Waals surface area contributed by atoms with E-state index < -0.39 is 0 Å². The maximum Gasteiger partial charge on any atom is 0.101 e. The number of hydrogen-bond acceptors (Lipinski definition) is 3. The highest BCUT2D eigenvalue weighted by Gasteiger charge is 2.46. The van der Waals surface area contributed by atoms with Gasteiger partial charge in [0.25, 0.3) is 0 Å². The van der Waals surface area contributed by atoms with Gasteiger partial charge in [-0.2, -0.15) is 5.06 Å². The van der Waals surface area contributed by atoms with Crippen LogP contribution in [0, 0.1) is 0 Å². The summed E-state index contributed by atoms with van der Waals surface area (Å²) in [6, 6.07) is 0. The maximum atomic E-state index is 5.53. The van der Waals surface area contributed by atoms with Gasteiger partial charge in [0, 0.05) is 23.9 Å². The molecule has 0 unspecified atom stereocenters. The molecule has 0 aliphatic carbocycles. The molecule has 1 aliphatic rings. The van der Waals surface area contributed by atoms with Crippen LogP contribution in [0.1, 0.15) is 40.5 Å². The normalized spacial score (nSPS) is 26.2. The van der Waals surface area contributed by atoms with Gasteiger partial charge in [-0.1, -0.05) is 6.58 Å². The largest absolute Gasteiger partial charge is 0.499 e. The predicted octanol–water partition coefficient (Wildman–Crippen LogP) is 2.73. The Bertz CT molecular complexity index is 218. The third-order valence-corrected chi connectivity index (χ3v) is 3.03. The zero-order valence-corrected chi connectivity index (χ0v) is 10.5. The zero-order chi connectivity index (χ0) is 11.7. The fourth-order valence-corrected chi connectivity index (χ4v) is 2.90. The molecule has 3 heteroatoms. The molecule has 0 bridgehead atoms. The van der Waals surface area contributed by atoms with Gasteiger partial charge in [-0.05, 0) is 27.7 Å². The lowest BCUT2D eigenvalue weighted by atomic mass is 9.80. The van der Waals surface area contributed by atoms with Crippen molar-refractivity contribution in [2.24, 2.45) is 0 Å². The van der Waals surface area contributed by atoms with Crippen LogP contribution >= 0.6 is 0 Å². The SMILES string of the molecule is C=COC1CC(C)(C)N(OC)C(C)(C)C1. The summed E-state index contributed by atoms with van der Waals surface area (Å²) in [5.74, 6) is 0. The van der Waals surface area contributed by atoms with E-state index >= 15 is 0 Å². The second-order valence-corrected chi connectivity index (χ2v) is 5.43. The first-order valence-electron chi connectivity index (χ1n) is 5.44. The van der Waals surface area contributed by atoms with Crippen LogP contribution in [0.5, 0.6) is 0 Å². The molecule has 0 atom stereocenters. The molecule has 0 radical (unpaired) electrons. The second-order valence-electron chi connectivity index (χ2n) is 5.43. The number of hydroxylamine groups is 2.